The molecular weight excluding hydrogens is 484 g/mol. The number of carbonyl (C=O) groups excluding carboxylic acids is 2. The molecule has 3 rings (SSSR count). The minimum atomic E-state index is -4.80. The van der Waals surface area contributed by atoms with Gasteiger partial charge < -0.3 is 9.57 Å². The highest BCUT2D eigenvalue weighted by Gasteiger charge is 2.62. The molecule has 0 saturated heterocycles. The largest absolute Gasteiger partial charge is 0.449 e. The Balaban J connectivity index is 1.84. The first kappa shape index (κ1) is 24.9. The maximum absolute atomic E-state index is 14.1. The number of nitrogens with zero attached hydrogens (tertiary/aromatic N) is 1. The van der Waals surface area contributed by atoms with Crippen molar-refractivity contribution in [3.05, 3.63) is 68.7 Å². The number of aryl methyl sites for hydroxylation is 1. The van der Waals surface area contributed by atoms with E-state index < -0.39 is 30.2 Å². The molecule has 176 valence electrons. The lowest BCUT2D eigenvalue weighted by Gasteiger charge is -2.29. The zero-order chi connectivity index (χ0) is 24.4. The molecule has 0 spiro atoms. The van der Waals surface area contributed by atoms with Crippen molar-refractivity contribution in [2.24, 2.45) is 5.16 Å². The first-order chi connectivity index (χ1) is 15.5. The number of hydrogen-bond acceptors (Lipinski definition) is 5. The molecule has 1 heterocycles. The van der Waals surface area contributed by atoms with Gasteiger partial charge >= 0.3 is 12.3 Å². The normalized spacial score (nSPS) is 17.8. The summed E-state index contributed by atoms with van der Waals surface area (Å²) in [5, 5.41) is 5.86. The summed E-state index contributed by atoms with van der Waals surface area (Å²) in [6.07, 6.45) is -5.69. The summed E-state index contributed by atoms with van der Waals surface area (Å²) in [6, 6.07) is 7.88. The Morgan fingerprint density at radius 3 is 2.52 bits per heavy atom. The van der Waals surface area contributed by atoms with Crippen LogP contribution in [-0.4, -0.2) is 30.5 Å². The number of ether oxygens (including phenoxy) is 1. The minimum absolute atomic E-state index is 0.0378. The van der Waals surface area contributed by atoms with Crippen LogP contribution in [-0.2, 0) is 15.2 Å². The molecule has 0 aliphatic carbocycles. The van der Waals surface area contributed by atoms with E-state index in [4.69, 9.17) is 32.8 Å². The monoisotopic (exact) mass is 502 g/mol. The summed E-state index contributed by atoms with van der Waals surface area (Å²) in [6.45, 7) is 3.56. The van der Waals surface area contributed by atoms with E-state index in [1.165, 1.54) is 30.3 Å². The third-order valence-electron chi connectivity index (χ3n) is 5.03. The molecule has 2 aromatic rings. The van der Waals surface area contributed by atoms with Crippen molar-refractivity contribution < 1.29 is 32.3 Å². The summed E-state index contributed by atoms with van der Waals surface area (Å²) in [5.74, 6) is -0.690. The third kappa shape index (κ3) is 5.09. The van der Waals surface area contributed by atoms with Crippen molar-refractivity contribution in [3.63, 3.8) is 0 Å². The molecule has 0 fully saturated rings. The van der Waals surface area contributed by atoms with Crippen molar-refractivity contribution in [1.29, 1.82) is 0 Å². The van der Waals surface area contributed by atoms with Gasteiger partial charge in [0.2, 0.25) is 0 Å². The molecule has 1 aliphatic heterocycles. The fourth-order valence-electron chi connectivity index (χ4n) is 3.29. The first-order valence-corrected chi connectivity index (χ1v) is 10.6. The number of hydrogen-bond donors (Lipinski definition) is 1. The Morgan fingerprint density at radius 1 is 1.18 bits per heavy atom. The van der Waals surface area contributed by atoms with Gasteiger partial charge in [-0.15, -0.1) is 0 Å². The van der Waals surface area contributed by atoms with Gasteiger partial charge in [-0.3, -0.25) is 10.1 Å². The van der Waals surface area contributed by atoms with Gasteiger partial charge in [0.25, 0.3) is 11.5 Å². The Kier molecular flexibility index (Phi) is 7.23. The Hall–Kier alpha value is -2.78. The van der Waals surface area contributed by atoms with E-state index in [0.29, 0.717) is 17.5 Å². The number of carbonyl (C=O) groups is 2. The number of alkyl halides is 3. The Labute approximate surface area is 197 Å². The number of nitrogens with one attached hydrogen (secondary N) is 1. The van der Waals surface area contributed by atoms with Crippen LogP contribution in [0.3, 0.4) is 0 Å². The molecule has 0 bridgehead atoms. The average Bonchev–Trinajstić information content (AvgIpc) is 3.21. The predicted molar refractivity (Wildman–Crippen MR) is 117 cm³/mol. The fraction of sp³-hybridized carbons (Fsp3) is 0.318. The van der Waals surface area contributed by atoms with Gasteiger partial charge in [-0.1, -0.05) is 47.4 Å². The van der Waals surface area contributed by atoms with Crippen LogP contribution in [0.2, 0.25) is 10.0 Å². The van der Waals surface area contributed by atoms with E-state index in [1.807, 2.05) is 6.92 Å². The number of oxime groups is 1. The lowest BCUT2D eigenvalue weighted by Crippen LogP contribution is -2.42. The van der Waals surface area contributed by atoms with Crippen molar-refractivity contribution in [1.82, 2.24) is 5.32 Å². The van der Waals surface area contributed by atoms with Gasteiger partial charge in [0.05, 0.1) is 22.4 Å². The van der Waals surface area contributed by atoms with Crippen LogP contribution >= 0.6 is 23.2 Å². The second-order valence-corrected chi connectivity index (χ2v) is 8.19. The molecule has 11 heteroatoms. The van der Waals surface area contributed by atoms with Gasteiger partial charge in [-0.2, -0.15) is 13.2 Å². The third-order valence-corrected chi connectivity index (χ3v) is 5.77. The summed E-state index contributed by atoms with van der Waals surface area (Å²) < 4.78 is 47.1. The standard InChI is InChI=1S/C22H19Cl2F3N2O4/c1-3-8-32-20(31)28-19(30)15-6-4-13(9-12(15)2)18-11-21(33-29-18,22(25,26)27)14-5-7-16(23)17(24)10-14/h4-7,9-10H,3,8,11H2,1-2H3,(H,28,30,31). The molecule has 2 aromatic carbocycles. The van der Waals surface area contributed by atoms with E-state index in [-0.39, 0.29) is 33.5 Å². The lowest BCUT2D eigenvalue weighted by atomic mass is 9.86. The number of halogens is 5. The van der Waals surface area contributed by atoms with Crippen LogP contribution in [0.15, 0.2) is 41.6 Å². The highest BCUT2D eigenvalue weighted by molar-refractivity contribution is 6.42. The minimum Gasteiger partial charge on any atom is -0.449 e. The number of benzene rings is 2. The topological polar surface area (TPSA) is 77.0 Å². The van der Waals surface area contributed by atoms with Crippen molar-refractivity contribution in [3.8, 4) is 0 Å². The van der Waals surface area contributed by atoms with Gasteiger partial charge in [-0.25, -0.2) is 4.79 Å². The maximum atomic E-state index is 14.1. The summed E-state index contributed by atoms with van der Waals surface area (Å²) >= 11 is 11.8. The van der Waals surface area contributed by atoms with Gasteiger partial charge in [-0.05, 0) is 48.7 Å². The van der Waals surface area contributed by atoms with Crippen LogP contribution in [0.1, 0.15) is 46.8 Å². The molecule has 1 aliphatic rings. The van der Waals surface area contributed by atoms with Crippen molar-refractivity contribution >= 4 is 40.9 Å². The molecule has 33 heavy (non-hydrogen) atoms. The zero-order valence-corrected chi connectivity index (χ0v) is 19.1. The molecule has 1 unspecified atom stereocenters. The number of amides is 2. The second-order valence-electron chi connectivity index (χ2n) is 7.38. The molecule has 6 nitrogen and oxygen atoms in total. The van der Waals surface area contributed by atoms with Crippen LogP contribution in [0, 0.1) is 6.92 Å². The Bertz CT molecular complexity index is 1120. The fourth-order valence-corrected chi connectivity index (χ4v) is 3.59. The van der Waals surface area contributed by atoms with E-state index in [1.54, 1.807) is 6.92 Å². The lowest BCUT2D eigenvalue weighted by molar-refractivity contribution is -0.275. The number of rotatable bonds is 5. The second kappa shape index (κ2) is 9.61. The van der Waals surface area contributed by atoms with Crippen LogP contribution in [0.5, 0.6) is 0 Å². The molecule has 1 atom stereocenters. The summed E-state index contributed by atoms with van der Waals surface area (Å²) in [4.78, 5) is 28.9. The summed E-state index contributed by atoms with van der Waals surface area (Å²) in [5.41, 5.74) is -2.00. The number of imide groups is 1. The molecule has 0 aromatic heterocycles. The summed E-state index contributed by atoms with van der Waals surface area (Å²) in [7, 11) is 0. The van der Waals surface area contributed by atoms with E-state index in [0.717, 1.165) is 6.07 Å². The Morgan fingerprint density at radius 2 is 1.91 bits per heavy atom. The highest BCUT2D eigenvalue weighted by atomic mass is 35.5. The smallest absolute Gasteiger partial charge is 0.435 e. The van der Waals surface area contributed by atoms with Gasteiger partial charge in [0.1, 0.15) is 0 Å². The van der Waals surface area contributed by atoms with Crippen molar-refractivity contribution in [2.45, 2.75) is 38.5 Å². The van der Waals surface area contributed by atoms with Crippen molar-refractivity contribution in [2.75, 3.05) is 6.61 Å². The average molecular weight is 503 g/mol. The van der Waals surface area contributed by atoms with E-state index in [2.05, 4.69) is 10.5 Å². The quantitative estimate of drug-likeness (QED) is 0.530. The highest BCUT2D eigenvalue weighted by Crippen LogP contribution is 2.49. The van der Waals surface area contributed by atoms with Gasteiger partial charge in [0.15, 0.2) is 0 Å². The van der Waals surface area contributed by atoms with Crippen LogP contribution in [0.25, 0.3) is 0 Å². The molecular formula is C22H19Cl2F3N2O4. The maximum Gasteiger partial charge on any atom is 0.435 e. The predicted octanol–water partition coefficient (Wildman–Crippen LogP) is 6.16. The van der Waals surface area contributed by atoms with Crippen LogP contribution < -0.4 is 5.32 Å². The molecule has 0 radical (unpaired) electrons. The number of alkyl carbamates (subject to hydrolysis) is 1. The van der Waals surface area contributed by atoms with E-state index >= 15 is 0 Å². The first-order valence-electron chi connectivity index (χ1n) is 9.85. The molecule has 0 saturated carbocycles. The molecule has 1 N–H and O–H groups in total. The zero-order valence-electron chi connectivity index (χ0n) is 17.6. The van der Waals surface area contributed by atoms with Gasteiger partial charge in [0, 0.05) is 17.5 Å². The SMILES string of the molecule is CCCOC(=O)NC(=O)c1ccc(C2=NOC(c3ccc(Cl)c(Cl)c3)(C(F)(F)F)C2)cc1C. The van der Waals surface area contributed by atoms with Crippen LogP contribution in [0.4, 0.5) is 18.0 Å². The van der Waals surface area contributed by atoms with E-state index in [9.17, 15) is 22.8 Å². The molecule has 2 amide bonds.